The molecule has 0 radical (unpaired) electrons. The summed E-state index contributed by atoms with van der Waals surface area (Å²) in [6.45, 7) is -0.295. The smallest absolute Gasteiger partial charge is 0.389 e. The summed E-state index contributed by atoms with van der Waals surface area (Å²) in [7, 11) is 0. The summed E-state index contributed by atoms with van der Waals surface area (Å²) < 4.78 is 96.0. The first kappa shape index (κ1) is 56.1. The van der Waals surface area contributed by atoms with Crippen LogP contribution in [0.15, 0.2) is 158 Å². The SMILES string of the molecule is Nc1ccc(CC(CC(=O)/C=C/c2ccc(C(=O)Oc3ccc(OCCCC(F)(F)F)cc3)cc2)(Cc2ccc(N)cc2)C(O)(O)C(=O)/C=C/c2ccc(C(=O)Oc3ccc(OCCCC(F)(F)F)cc3)cc2)cc1. The molecular weight excluding hydrogens is 987 g/mol. The first-order valence-electron chi connectivity index (χ1n) is 23.4. The first-order chi connectivity index (χ1) is 35.5. The Hall–Kier alpha value is -8.22. The van der Waals surface area contributed by atoms with Crippen molar-refractivity contribution < 1.29 is 74.7 Å². The van der Waals surface area contributed by atoms with Crippen LogP contribution in [0.5, 0.6) is 23.0 Å². The molecule has 0 atom stereocenters. The van der Waals surface area contributed by atoms with Gasteiger partial charge in [0.2, 0.25) is 11.6 Å². The molecule has 0 amide bonds. The number of aliphatic hydroxyl groups is 2. The van der Waals surface area contributed by atoms with E-state index in [9.17, 15) is 55.7 Å². The molecule has 75 heavy (non-hydrogen) atoms. The van der Waals surface area contributed by atoms with E-state index in [0.717, 1.165) is 6.08 Å². The molecule has 0 unspecified atom stereocenters. The molecule has 12 nitrogen and oxygen atoms in total. The molecule has 0 aliphatic rings. The number of allylic oxidation sites excluding steroid dienone is 1. The van der Waals surface area contributed by atoms with Gasteiger partial charge in [0.1, 0.15) is 23.0 Å². The molecule has 0 saturated heterocycles. The number of nitrogen functional groups attached to an aromatic ring is 2. The fourth-order valence-corrected chi connectivity index (χ4v) is 7.67. The van der Waals surface area contributed by atoms with Crippen LogP contribution in [-0.2, 0) is 22.4 Å². The van der Waals surface area contributed by atoms with Gasteiger partial charge in [0, 0.05) is 36.1 Å². The normalized spacial score (nSPS) is 12.2. The van der Waals surface area contributed by atoms with Gasteiger partial charge in [0.15, 0.2) is 5.78 Å². The van der Waals surface area contributed by atoms with Crippen molar-refractivity contribution in [1.29, 1.82) is 0 Å². The number of halogens is 6. The number of ether oxygens (including phenoxy) is 4. The van der Waals surface area contributed by atoms with Crippen LogP contribution in [0.4, 0.5) is 37.7 Å². The highest BCUT2D eigenvalue weighted by molar-refractivity contribution is 6.01. The van der Waals surface area contributed by atoms with Crippen molar-refractivity contribution in [3.63, 3.8) is 0 Å². The Balaban J connectivity index is 1.15. The maximum atomic E-state index is 14.2. The number of esters is 2. The van der Waals surface area contributed by atoms with Crippen LogP contribution in [0.1, 0.15) is 75.1 Å². The van der Waals surface area contributed by atoms with Crippen molar-refractivity contribution in [1.82, 2.24) is 0 Å². The van der Waals surface area contributed by atoms with Crippen molar-refractivity contribution in [3.8, 4) is 23.0 Å². The van der Waals surface area contributed by atoms with E-state index in [1.54, 1.807) is 60.7 Å². The largest absolute Gasteiger partial charge is 0.494 e. The fraction of sp³-hybridized carbons (Fsp3) is 0.228. The van der Waals surface area contributed by atoms with Crippen molar-refractivity contribution >= 4 is 47.0 Å². The molecule has 6 N–H and O–H groups in total. The zero-order valence-electron chi connectivity index (χ0n) is 40.1. The number of alkyl halides is 6. The summed E-state index contributed by atoms with van der Waals surface area (Å²) in [5.41, 5.74) is 13.0. The lowest BCUT2D eigenvalue weighted by Crippen LogP contribution is -2.57. The van der Waals surface area contributed by atoms with Crippen molar-refractivity contribution in [2.45, 2.75) is 63.1 Å². The number of nitrogens with two attached hydrogens (primary N) is 2. The number of carbonyl (C=O) groups excluding carboxylic acids is 4. The minimum atomic E-state index is -4.28. The van der Waals surface area contributed by atoms with Crippen LogP contribution in [0.2, 0.25) is 0 Å². The quantitative estimate of drug-likeness (QED) is 0.00852. The second-order valence-electron chi connectivity index (χ2n) is 17.6. The Bertz CT molecular complexity index is 2870. The van der Waals surface area contributed by atoms with Gasteiger partial charge in [-0.15, -0.1) is 0 Å². The van der Waals surface area contributed by atoms with E-state index < -0.39 is 66.3 Å². The maximum absolute atomic E-state index is 14.2. The minimum absolute atomic E-state index is 0.123. The van der Waals surface area contributed by atoms with Crippen LogP contribution in [0.25, 0.3) is 12.2 Å². The van der Waals surface area contributed by atoms with E-state index in [4.69, 9.17) is 30.4 Å². The highest BCUT2D eigenvalue weighted by Crippen LogP contribution is 2.43. The van der Waals surface area contributed by atoms with Crippen molar-refractivity contribution in [3.05, 3.63) is 191 Å². The van der Waals surface area contributed by atoms with Crippen LogP contribution in [-0.4, -0.2) is 65.1 Å². The summed E-state index contributed by atoms with van der Waals surface area (Å²) in [6, 6.07) is 36.4. The van der Waals surface area contributed by atoms with Gasteiger partial charge in [0.25, 0.3) is 0 Å². The van der Waals surface area contributed by atoms with Crippen LogP contribution < -0.4 is 30.4 Å². The summed E-state index contributed by atoms with van der Waals surface area (Å²) in [5, 5.41) is 24.4. The Morgan fingerprint density at radius 3 is 1.21 bits per heavy atom. The molecule has 6 rings (SSSR count). The van der Waals surface area contributed by atoms with Gasteiger partial charge in [-0.1, -0.05) is 60.7 Å². The van der Waals surface area contributed by atoms with Gasteiger partial charge in [-0.05, 0) is 157 Å². The Kier molecular flexibility index (Phi) is 18.8. The average Bonchev–Trinajstić information content (AvgIpc) is 3.37. The van der Waals surface area contributed by atoms with Gasteiger partial charge >= 0.3 is 24.3 Å². The van der Waals surface area contributed by atoms with E-state index in [2.05, 4.69) is 0 Å². The molecule has 0 aromatic heterocycles. The molecule has 6 aromatic carbocycles. The second-order valence-corrected chi connectivity index (χ2v) is 17.6. The third kappa shape index (κ3) is 17.5. The van der Waals surface area contributed by atoms with Crippen LogP contribution >= 0.6 is 0 Å². The van der Waals surface area contributed by atoms with E-state index in [0.29, 0.717) is 45.1 Å². The standard InChI is InChI=1S/C57H52F6N2O10/c58-55(59,60)31-1-33-72-47-22-26-49(27-23-47)74-52(68)42-13-3-38(4-14-42)11-21-46(66)37-54(35-40-7-17-44(64)18-8-40,36-41-9-19-45(65)20-10-41)57(70,71)51(67)30-12-39-5-15-43(16-6-39)53(69)75-50-28-24-48(25-29-50)73-34-2-32-56(61,62)63/h3-30,70-71H,1-2,31-37,64-65H2/b21-11+,30-12+. The number of carbonyl (C=O) groups is 4. The van der Waals surface area contributed by atoms with Gasteiger partial charge in [-0.2, -0.15) is 26.3 Å². The summed E-state index contributed by atoms with van der Waals surface area (Å²) >= 11 is 0. The number of hydrogen-bond donors (Lipinski definition) is 4. The van der Waals surface area contributed by atoms with Gasteiger partial charge in [0.05, 0.1) is 24.3 Å². The number of rotatable bonds is 24. The predicted molar refractivity (Wildman–Crippen MR) is 269 cm³/mol. The molecular formula is C57H52F6N2O10. The first-order valence-corrected chi connectivity index (χ1v) is 23.4. The summed E-state index contributed by atoms with van der Waals surface area (Å²) in [5.74, 6) is -5.51. The highest BCUT2D eigenvalue weighted by atomic mass is 19.4. The van der Waals surface area contributed by atoms with E-state index in [1.165, 1.54) is 103 Å². The summed E-state index contributed by atoms with van der Waals surface area (Å²) in [6.07, 6.45) is -6.97. The molecule has 0 saturated carbocycles. The van der Waals surface area contributed by atoms with Crippen molar-refractivity contribution in [2.75, 3.05) is 24.7 Å². The summed E-state index contributed by atoms with van der Waals surface area (Å²) in [4.78, 5) is 54.2. The Labute approximate surface area is 427 Å². The highest BCUT2D eigenvalue weighted by Gasteiger charge is 2.54. The molecule has 0 heterocycles. The maximum Gasteiger partial charge on any atom is 0.389 e. The fourth-order valence-electron chi connectivity index (χ4n) is 7.67. The molecule has 0 bridgehead atoms. The zero-order valence-corrected chi connectivity index (χ0v) is 40.1. The average molecular weight is 1040 g/mol. The van der Waals surface area contributed by atoms with Crippen LogP contribution in [0, 0.1) is 5.41 Å². The molecule has 0 fully saturated rings. The van der Waals surface area contributed by atoms with E-state index >= 15 is 0 Å². The zero-order chi connectivity index (χ0) is 54.2. The minimum Gasteiger partial charge on any atom is -0.494 e. The number of ketones is 2. The molecule has 6 aromatic rings. The lowest BCUT2D eigenvalue weighted by atomic mass is 9.65. The third-order valence-corrected chi connectivity index (χ3v) is 11.6. The van der Waals surface area contributed by atoms with E-state index in [-0.39, 0.29) is 61.5 Å². The lowest BCUT2D eigenvalue weighted by molar-refractivity contribution is -0.230. The Morgan fingerprint density at radius 1 is 0.480 bits per heavy atom. The van der Waals surface area contributed by atoms with Gasteiger partial charge < -0.3 is 40.6 Å². The van der Waals surface area contributed by atoms with E-state index in [1.807, 2.05) is 0 Å². The van der Waals surface area contributed by atoms with Gasteiger partial charge in [-0.3, -0.25) is 9.59 Å². The topological polar surface area (TPSA) is 198 Å². The molecule has 0 aliphatic heterocycles. The molecule has 392 valence electrons. The number of hydrogen-bond acceptors (Lipinski definition) is 12. The predicted octanol–water partition coefficient (Wildman–Crippen LogP) is 11.1. The van der Waals surface area contributed by atoms with Crippen LogP contribution in [0.3, 0.4) is 0 Å². The second kappa shape index (κ2) is 25.1. The van der Waals surface area contributed by atoms with Crippen molar-refractivity contribution in [2.24, 2.45) is 5.41 Å². The number of benzene rings is 6. The lowest BCUT2D eigenvalue weighted by Gasteiger charge is -2.42. The Morgan fingerprint density at radius 2 is 0.840 bits per heavy atom. The number of anilines is 2. The molecule has 0 aliphatic carbocycles. The third-order valence-electron chi connectivity index (χ3n) is 11.6. The molecule has 18 heteroatoms. The monoisotopic (exact) mass is 1040 g/mol. The molecule has 0 spiro atoms. The van der Waals surface area contributed by atoms with Gasteiger partial charge in [-0.25, -0.2) is 9.59 Å².